The van der Waals surface area contributed by atoms with Gasteiger partial charge in [-0.05, 0) is 51.3 Å². The van der Waals surface area contributed by atoms with Crippen molar-refractivity contribution in [3.8, 4) is 0 Å². The second-order valence-corrected chi connectivity index (χ2v) is 6.19. The number of benzene rings is 1. The summed E-state index contributed by atoms with van der Waals surface area (Å²) < 4.78 is 1.31. The molecule has 1 aromatic carbocycles. The second-order valence-electron chi connectivity index (χ2n) is 5.16. The van der Waals surface area contributed by atoms with Crippen LogP contribution in [-0.2, 0) is 5.54 Å². The molecule has 0 saturated carbocycles. The van der Waals surface area contributed by atoms with Gasteiger partial charge in [-0.25, -0.2) is 4.98 Å². The van der Waals surface area contributed by atoms with Crippen molar-refractivity contribution in [2.45, 2.75) is 38.6 Å². The van der Waals surface area contributed by atoms with Crippen LogP contribution in [-0.4, -0.2) is 11.5 Å². The molecule has 3 heteroatoms. The minimum Gasteiger partial charge on any atom is -0.306 e. The quantitative estimate of drug-likeness (QED) is 0.831. The van der Waals surface area contributed by atoms with Gasteiger partial charge in [0.2, 0.25) is 0 Å². The van der Waals surface area contributed by atoms with Crippen molar-refractivity contribution in [1.29, 1.82) is 0 Å². The minimum atomic E-state index is 0.0916. The van der Waals surface area contributed by atoms with Gasteiger partial charge in [0.15, 0.2) is 0 Å². The maximum absolute atomic E-state index is 4.86. The fourth-order valence-electron chi connectivity index (χ4n) is 2.56. The molecule has 1 atom stereocenters. The number of aryl methyl sites for hydroxylation is 1. The first-order valence-electron chi connectivity index (χ1n) is 6.31. The van der Waals surface area contributed by atoms with E-state index >= 15 is 0 Å². The van der Waals surface area contributed by atoms with Crippen molar-refractivity contribution in [3.05, 3.63) is 28.8 Å². The number of para-hydroxylation sites is 1. The van der Waals surface area contributed by atoms with Crippen LogP contribution in [0, 0.1) is 6.92 Å². The highest BCUT2D eigenvalue weighted by molar-refractivity contribution is 7.18. The molecule has 1 aromatic heterocycles. The zero-order chi connectivity index (χ0) is 11.9. The van der Waals surface area contributed by atoms with Crippen LogP contribution in [0.15, 0.2) is 18.2 Å². The Labute approximate surface area is 106 Å². The van der Waals surface area contributed by atoms with Gasteiger partial charge in [-0.2, -0.15) is 0 Å². The van der Waals surface area contributed by atoms with E-state index in [-0.39, 0.29) is 5.54 Å². The molecular formula is C14H18N2S. The molecule has 1 aliphatic rings. The van der Waals surface area contributed by atoms with Crippen LogP contribution in [0.5, 0.6) is 0 Å². The molecule has 0 bridgehead atoms. The number of aromatic nitrogens is 1. The minimum absolute atomic E-state index is 0.0916. The Kier molecular flexibility index (Phi) is 2.68. The first-order chi connectivity index (χ1) is 8.19. The summed E-state index contributed by atoms with van der Waals surface area (Å²) in [6, 6.07) is 6.44. The van der Waals surface area contributed by atoms with Gasteiger partial charge in [-0.15, -0.1) is 11.3 Å². The molecule has 2 nitrogen and oxygen atoms in total. The Balaban J connectivity index is 2.08. The van der Waals surface area contributed by atoms with Crippen molar-refractivity contribution < 1.29 is 0 Å². The molecule has 90 valence electrons. The maximum atomic E-state index is 4.86. The predicted octanol–water partition coefficient (Wildman–Crippen LogP) is 3.59. The van der Waals surface area contributed by atoms with E-state index in [1.54, 1.807) is 0 Å². The van der Waals surface area contributed by atoms with Gasteiger partial charge >= 0.3 is 0 Å². The van der Waals surface area contributed by atoms with E-state index in [1.807, 2.05) is 11.3 Å². The standard InChI is InChI=1S/C14H18N2S/c1-10-6-5-7-11-12(10)16-13(17-11)14(2)8-3-4-9-15-14/h5-7,15H,3-4,8-9H2,1-2H3. The Hall–Kier alpha value is -0.930. The van der Waals surface area contributed by atoms with E-state index in [9.17, 15) is 0 Å². The highest BCUT2D eigenvalue weighted by Gasteiger charge is 2.31. The summed E-state index contributed by atoms with van der Waals surface area (Å²) in [6.07, 6.45) is 3.80. The number of rotatable bonds is 1. The topological polar surface area (TPSA) is 24.9 Å². The fourth-order valence-corrected chi connectivity index (χ4v) is 3.76. The molecule has 0 radical (unpaired) electrons. The zero-order valence-electron chi connectivity index (χ0n) is 10.4. The molecule has 17 heavy (non-hydrogen) atoms. The van der Waals surface area contributed by atoms with Gasteiger partial charge in [0.1, 0.15) is 5.01 Å². The van der Waals surface area contributed by atoms with E-state index < -0.39 is 0 Å². The van der Waals surface area contributed by atoms with Gasteiger partial charge in [0.25, 0.3) is 0 Å². The third-order valence-electron chi connectivity index (χ3n) is 3.71. The van der Waals surface area contributed by atoms with E-state index in [1.165, 1.54) is 40.1 Å². The van der Waals surface area contributed by atoms with Crippen LogP contribution in [0.2, 0.25) is 0 Å². The van der Waals surface area contributed by atoms with Crippen molar-refractivity contribution in [2.75, 3.05) is 6.54 Å². The van der Waals surface area contributed by atoms with Crippen LogP contribution in [0.4, 0.5) is 0 Å². The van der Waals surface area contributed by atoms with Crippen LogP contribution >= 0.6 is 11.3 Å². The number of nitrogens with one attached hydrogen (secondary N) is 1. The van der Waals surface area contributed by atoms with Gasteiger partial charge in [0, 0.05) is 0 Å². The number of hydrogen-bond donors (Lipinski definition) is 1. The predicted molar refractivity (Wildman–Crippen MR) is 73.6 cm³/mol. The average molecular weight is 246 g/mol. The maximum Gasteiger partial charge on any atom is 0.114 e. The van der Waals surface area contributed by atoms with Gasteiger partial charge in [-0.1, -0.05) is 12.1 Å². The van der Waals surface area contributed by atoms with Gasteiger partial charge in [-0.3, -0.25) is 0 Å². The number of nitrogens with zero attached hydrogens (tertiary/aromatic N) is 1. The molecule has 1 fully saturated rings. The first-order valence-corrected chi connectivity index (χ1v) is 7.12. The number of fused-ring (bicyclic) bond motifs is 1. The largest absolute Gasteiger partial charge is 0.306 e. The third-order valence-corrected chi connectivity index (χ3v) is 5.00. The number of thiazole rings is 1. The van der Waals surface area contributed by atoms with E-state index in [2.05, 4.69) is 37.4 Å². The Bertz CT molecular complexity index is 538. The summed E-state index contributed by atoms with van der Waals surface area (Å²) in [5.41, 5.74) is 2.56. The lowest BCUT2D eigenvalue weighted by Gasteiger charge is -2.32. The van der Waals surface area contributed by atoms with E-state index in [0.717, 1.165) is 6.54 Å². The Morgan fingerprint density at radius 1 is 1.35 bits per heavy atom. The lowest BCUT2D eigenvalue weighted by Crippen LogP contribution is -2.43. The lowest BCUT2D eigenvalue weighted by molar-refractivity contribution is 0.283. The summed E-state index contributed by atoms with van der Waals surface area (Å²) in [7, 11) is 0. The average Bonchev–Trinajstić information content (AvgIpc) is 2.76. The zero-order valence-corrected chi connectivity index (χ0v) is 11.2. The summed E-state index contributed by atoms with van der Waals surface area (Å²) in [5.74, 6) is 0. The summed E-state index contributed by atoms with van der Waals surface area (Å²) in [6.45, 7) is 5.55. The second kappa shape index (κ2) is 4.07. The normalized spacial score (nSPS) is 25.3. The molecule has 1 saturated heterocycles. The van der Waals surface area contributed by atoms with Crippen molar-refractivity contribution in [3.63, 3.8) is 0 Å². The molecule has 1 N–H and O–H groups in total. The monoisotopic (exact) mass is 246 g/mol. The fraction of sp³-hybridized carbons (Fsp3) is 0.500. The molecule has 3 rings (SSSR count). The van der Waals surface area contributed by atoms with Crippen molar-refractivity contribution in [1.82, 2.24) is 10.3 Å². The lowest BCUT2D eigenvalue weighted by atomic mass is 9.92. The molecule has 2 heterocycles. The molecule has 1 unspecified atom stereocenters. The van der Waals surface area contributed by atoms with E-state index in [0.29, 0.717) is 0 Å². The molecule has 1 aliphatic heterocycles. The van der Waals surface area contributed by atoms with Crippen molar-refractivity contribution in [2.24, 2.45) is 0 Å². The molecule has 0 spiro atoms. The number of piperidine rings is 1. The van der Waals surface area contributed by atoms with Gasteiger partial charge < -0.3 is 5.32 Å². The van der Waals surface area contributed by atoms with Crippen molar-refractivity contribution >= 4 is 21.6 Å². The first kappa shape index (κ1) is 11.2. The summed E-state index contributed by atoms with van der Waals surface area (Å²) in [4.78, 5) is 4.86. The molecular weight excluding hydrogens is 228 g/mol. The highest BCUT2D eigenvalue weighted by Crippen LogP contribution is 2.35. The SMILES string of the molecule is Cc1cccc2sc(C3(C)CCCCN3)nc12. The van der Waals surface area contributed by atoms with Crippen LogP contribution in [0.1, 0.15) is 36.8 Å². The highest BCUT2D eigenvalue weighted by atomic mass is 32.1. The summed E-state index contributed by atoms with van der Waals surface area (Å²) >= 11 is 1.84. The summed E-state index contributed by atoms with van der Waals surface area (Å²) in [5, 5.41) is 4.89. The molecule has 0 aliphatic carbocycles. The number of hydrogen-bond acceptors (Lipinski definition) is 3. The Morgan fingerprint density at radius 2 is 2.24 bits per heavy atom. The van der Waals surface area contributed by atoms with Crippen LogP contribution in [0.25, 0.3) is 10.2 Å². The van der Waals surface area contributed by atoms with Crippen LogP contribution < -0.4 is 5.32 Å². The smallest absolute Gasteiger partial charge is 0.114 e. The molecule has 0 amide bonds. The molecule has 2 aromatic rings. The third kappa shape index (κ3) is 1.87. The van der Waals surface area contributed by atoms with E-state index in [4.69, 9.17) is 4.98 Å². The van der Waals surface area contributed by atoms with Crippen LogP contribution in [0.3, 0.4) is 0 Å². The van der Waals surface area contributed by atoms with Gasteiger partial charge in [0.05, 0.1) is 15.8 Å². The Morgan fingerprint density at radius 3 is 2.94 bits per heavy atom.